The standard InChI is InChI=1S/C14H22O/c1-2-3-4-5-6-7-8-9-13-10-11-14(15)12-13/h5-8,13H,2-4,9-12H2,1H3/b6-5+,8-7+/t13-/m0/s1. The van der Waals surface area contributed by atoms with Crippen molar-refractivity contribution < 1.29 is 4.79 Å². The smallest absolute Gasteiger partial charge is 0.133 e. The van der Waals surface area contributed by atoms with E-state index in [0.717, 1.165) is 25.7 Å². The van der Waals surface area contributed by atoms with Crippen LogP contribution in [0.4, 0.5) is 0 Å². The second-order valence-corrected chi connectivity index (χ2v) is 4.38. The third kappa shape index (κ3) is 5.56. The molecule has 1 nitrogen and oxygen atoms in total. The first kappa shape index (κ1) is 12.2. The van der Waals surface area contributed by atoms with Crippen LogP contribution in [0, 0.1) is 5.92 Å². The molecule has 0 bridgehead atoms. The number of rotatable bonds is 6. The van der Waals surface area contributed by atoms with Crippen molar-refractivity contribution in [3.8, 4) is 0 Å². The molecule has 15 heavy (non-hydrogen) atoms. The van der Waals surface area contributed by atoms with Crippen LogP contribution in [0.3, 0.4) is 0 Å². The molecule has 1 atom stereocenters. The lowest BCUT2D eigenvalue weighted by molar-refractivity contribution is -0.117. The summed E-state index contributed by atoms with van der Waals surface area (Å²) in [6.07, 6.45) is 16.2. The van der Waals surface area contributed by atoms with Gasteiger partial charge in [0.15, 0.2) is 0 Å². The van der Waals surface area contributed by atoms with Crippen molar-refractivity contribution in [3.63, 3.8) is 0 Å². The van der Waals surface area contributed by atoms with Crippen LogP contribution in [0.1, 0.15) is 51.9 Å². The summed E-state index contributed by atoms with van der Waals surface area (Å²) in [5.41, 5.74) is 0. The quantitative estimate of drug-likeness (QED) is 0.473. The number of carbonyl (C=O) groups is 1. The minimum Gasteiger partial charge on any atom is -0.300 e. The second kappa shape index (κ2) is 7.44. The lowest BCUT2D eigenvalue weighted by Gasteiger charge is -2.00. The van der Waals surface area contributed by atoms with E-state index in [1.807, 2.05) is 0 Å². The Kier molecular flexibility index (Phi) is 6.06. The van der Waals surface area contributed by atoms with Crippen molar-refractivity contribution in [2.75, 3.05) is 0 Å². The molecule has 0 aromatic carbocycles. The third-order valence-electron chi connectivity index (χ3n) is 2.92. The SMILES string of the molecule is CCCC/C=C/C=C/C[C@H]1CCC(=O)C1. The predicted molar refractivity (Wildman–Crippen MR) is 64.8 cm³/mol. The molecule has 0 amide bonds. The fourth-order valence-electron chi connectivity index (χ4n) is 1.94. The summed E-state index contributed by atoms with van der Waals surface area (Å²) in [6.45, 7) is 2.21. The van der Waals surface area contributed by atoms with Gasteiger partial charge in [0.1, 0.15) is 5.78 Å². The Bertz CT molecular complexity index is 238. The van der Waals surface area contributed by atoms with Gasteiger partial charge in [0.2, 0.25) is 0 Å². The normalized spacial score (nSPS) is 22.2. The van der Waals surface area contributed by atoms with Gasteiger partial charge < -0.3 is 0 Å². The number of hydrogen-bond donors (Lipinski definition) is 0. The minimum absolute atomic E-state index is 0.451. The summed E-state index contributed by atoms with van der Waals surface area (Å²) in [7, 11) is 0. The number of allylic oxidation sites excluding steroid dienone is 4. The fourth-order valence-corrected chi connectivity index (χ4v) is 1.94. The first-order chi connectivity index (χ1) is 7.33. The highest BCUT2D eigenvalue weighted by molar-refractivity contribution is 5.80. The lowest BCUT2D eigenvalue weighted by atomic mass is 10.0. The van der Waals surface area contributed by atoms with Crippen LogP contribution in [0.5, 0.6) is 0 Å². The van der Waals surface area contributed by atoms with Gasteiger partial charge in [-0.05, 0) is 25.2 Å². The Hall–Kier alpha value is -0.850. The highest BCUT2D eigenvalue weighted by atomic mass is 16.1. The fraction of sp³-hybridized carbons (Fsp3) is 0.643. The molecule has 1 saturated carbocycles. The van der Waals surface area contributed by atoms with Gasteiger partial charge in [0.05, 0.1) is 0 Å². The monoisotopic (exact) mass is 206 g/mol. The van der Waals surface area contributed by atoms with Gasteiger partial charge in [-0.15, -0.1) is 0 Å². The molecular weight excluding hydrogens is 184 g/mol. The summed E-state index contributed by atoms with van der Waals surface area (Å²) in [5, 5.41) is 0. The van der Waals surface area contributed by atoms with E-state index in [9.17, 15) is 4.79 Å². The highest BCUT2D eigenvalue weighted by Gasteiger charge is 2.20. The van der Waals surface area contributed by atoms with Crippen molar-refractivity contribution >= 4 is 5.78 Å². The molecule has 0 N–H and O–H groups in total. The number of ketones is 1. The molecule has 0 aliphatic heterocycles. The van der Waals surface area contributed by atoms with Gasteiger partial charge in [-0.1, -0.05) is 44.1 Å². The molecule has 0 aromatic heterocycles. The van der Waals surface area contributed by atoms with E-state index < -0.39 is 0 Å². The molecule has 84 valence electrons. The Labute approximate surface area is 93.3 Å². The molecule has 0 radical (unpaired) electrons. The summed E-state index contributed by atoms with van der Waals surface area (Å²) < 4.78 is 0. The summed E-state index contributed by atoms with van der Waals surface area (Å²) >= 11 is 0. The van der Waals surface area contributed by atoms with E-state index in [2.05, 4.69) is 31.2 Å². The van der Waals surface area contributed by atoms with Gasteiger partial charge in [-0.25, -0.2) is 0 Å². The zero-order valence-electron chi connectivity index (χ0n) is 9.74. The molecule has 1 aliphatic rings. The van der Waals surface area contributed by atoms with Crippen LogP contribution >= 0.6 is 0 Å². The van der Waals surface area contributed by atoms with Crippen LogP contribution in [0.25, 0.3) is 0 Å². The van der Waals surface area contributed by atoms with Gasteiger partial charge >= 0.3 is 0 Å². The van der Waals surface area contributed by atoms with Gasteiger partial charge in [0, 0.05) is 12.8 Å². The van der Waals surface area contributed by atoms with Crippen molar-refractivity contribution in [1.29, 1.82) is 0 Å². The molecule has 1 heteroatoms. The molecule has 0 aromatic rings. The van der Waals surface area contributed by atoms with Crippen molar-refractivity contribution in [2.45, 2.75) is 51.9 Å². The molecular formula is C14H22O. The maximum Gasteiger partial charge on any atom is 0.133 e. The van der Waals surface area contributed by atoms with Crippen molar-refractivity contribution in [3.05, 3.63) is 24.3 Å². The van der Waals surface area contributed by atoms with E-state index in [1.54, 1.807) is 0 Å². The topological polar surface area (TPSA) is 17.1 Å². The molecule has 0 heterocycles. The van der Waals surface area contributed by atoms with E-state index in [4.69, 9.17) is 0 Å². The molecule has 0 unspecified atom stereocenters. The molecule has 1 fully saturated rings. The average molecular weight is 206 g/mol. The molecule has 1 aliphatic carbocycles. The zero-order valence-corrected chi connectivity index (χ0v) is 9.74. The first-order valence-electron chi connectivity index (χ1n) is 6.16. The highest BCUT2D eigenvalue weighted by Crippen LogP contribution is 2.25. The van der Waals surface area contributed by atoms with Crippen molar-refractivity contribution in [2.24, 2.45) is 5.92 Å². The predicted octanol–water partition coefficient (Wildman–Crippen LogP) is 4.05. The van der Waals surface area contributed by atoms with Crippen LogP contribution in [0.2, 0.25) is 0 Å². The zero-order chi connectivity index (χ0) is 10.9. The summed E-state index contributed by atoms with van der Waals surface area (Å²) in [4.78, 5) is 11.0. The van der Waals surface area contributed by atoms with Gasteiger partial charge in [0.25, 0.3) is 0 Å². The van der Waals surface area contributed by atoms with E-state index in [0.29, 0.717) is 11.7 Å². The maximum absolute atomic E-state index is 11.0. The van der Waals surface area contributed by atoms with Gasteiger partial charge in [-0.3, -0.25) is 4.79 Å². The van der Waals surface area contributed by atoms with Crippen LogP contribution in [-0.4, -0.2) is 5.78 Å². The maximum atomic E-state index is 11.0. The number of hydrogen-bond acceptors (Lipinski definition) is 1. The first-order valence-corrected chi connectivity index (χ1v) is 6.16. The second-order valence-electron chi connectivity index (χ2n) is 4.38. The average Bonchev–Trinajstić information content (AvgIpc) is 2.63. The number of Topliss-reactive ketones (excluding diaryl/α,β-unsaturated/α-hetero) is 1. The Balaban J connectivity index is 2.06. The Morgan fingerprint density at radius 1 is 1.33 bits per heavy atom. The largest absolute Gasteiger partial charge is 0.300 e. The van der Waals surface area contributed by atoms with E-state index in [-0.39, 0.29) is 0 Å². The molecule has 1 rings (SSSR count). The van der Waals surface area contributed by atoms with Crippen LogP contribution in [-0.2, 0) is 4.79 Å². The minimum atomic E-state index is 0.451. The summed E-state index contributed by atoms with van der Waals surface area (Å²) in [6, 6.07) is 0. The van der Waals surface area contributed by atoms with E-state index in [1.165, 1.54) is 19.3 Å². The van der Waals surface area contributed by atoms with Crippen LogP contribution in [0.15, 0.2) is 24.3 Å². The lowest BCUT2D eigenvalue weighted by Crippen LogP contribution is -1.92. The Morgan fingerprint density at radius 3 is 2.80 bits per heavy atom. The van der Waals surface area contributed by atoms with Crippen molar-refractivity contribution in [1.82, 2.24) is 0 Å². The Morgan fingerprint density at radius 2 is 2.13 bits per heavy atom. The number of unbranched alkanes of at least 4 members (excludes halogenated alkanes) is 2. The summed E-state index contributed by atoms with van der Waals surface area (Å²) in [5.74, 6) is 1.07. The van der Waals surface area contributed by atoms with Crippen LogP contribution < -0.4 is 0 Å². The molecule has 0 saturated heterocycles. The van der Waals surface area contributed by atoms with Gasteiger partial charge in [-0.2, -0.15) is 0 Å². The molecule has 0 spiro atoms. The van der Waals surface area contributed by atoms with E-state index >= 15 is 0 Å². The number of carbonyl (C=O) groups excluding carboxylic acids is 1. The third-order valence-corrected chi connectivity index (χ3v) is 2.92.